The smallest absolute Gasteiger partial charge is 0.165 e. The second kappa shape index (κ2) is 10.3. The number of rotatable bonds is 3. The summed E-state index contributed by atoms with van der Waals surface area (Å²) in [5.74, 6) is 2.02. The molecule has 0 saturated carbocycles. The number of aromatic nitrogens is 3. The quantitative estimate of drug-likeness (QED) is 0.219. The Hall–Kier alpha value is -4.09. The summed E-state index contributed by atoms with van der Waals surface area (Å²) >= 11 is 3.93. The largest absolute Gasteiger partial charge is 0.208 e. The van der Waals surface area contributed by atoms with Crippen LogP contribution in [-0.4, -0.2) is 54.2 Å². The molecule has 3 nitrogen and oxygen atoms in total. The van der Waals surface area contributed by atoms with E-state index in [0.29, 0.717) is 17.5 Å². The lowest BCUT2D eigenvalue weighted by Gasteiger charge is -2.20. The minimum absolute atomic E-state index is 0.652. The molecule has 1 heterocycles. The normalized spacial score (nSPS) is 11.5. The van der Waals surface area contributed by atoms with E-state index in [-0.39, 0.29) is 0 Å². The number of hydrogen-bond acceptors (Lipinski definition) is 3. The molecule has 0 radical (unpaired) electrons. The van der Waals surface area contributed by atoms with Crippen molar-refractivity contribution in [2.75, 3.05) is 0 Å². The third-order valence-electron chi connectivity index (χ3n) is 8.96. The Kier molecular flexibility index (Phi) is 6.58. The van der Waals surface area contributed by atoms with Gasteiger partial charge in [0.1, 0.15) is 39.2 Å². The lowest BCUT2D eigenvalue weighted by molar-refractivity contribution is 1.08. The van der Waals surface area contributed by atoms with E-state index in [1.54, 1.807) is 0 Å². The maximum Gasteiger partial charge on any atom is 0.165 e. The summed E-state index contributed by atoms with van der Waals surface area (Å²) in [5.41, 5.74) is 9.30. The predicted molar refractivity (Wildman–Crippen MR) is 197 cm³/mol. The third kappa shape index (κ3) is 4.22. The molecule has 194 valence electrons. The van der Waals surface area contributed by atoms with Crippen LogP contribution < -0.4 is 27.3 Å². The van der Waals surface area contributed by atoms with E-state index in [4.69, 9.17) is 15.0 Å². The molecule has 1 aromatic heterocycles. The van der Waals surface area contributed by atoms with Gasteiger partial charge in [0.2, 0.25) is 0 Å². The van der Waals surface area contributed by atoms with Crippen LogP contribution in [0, 0.1) is 0 Å². The maximum atomic E-state index is 5.19. The van der Waals surface area contributed by atoms with Crippen molar-refractivity contribution in [1.82, 2.24) is 15.0 Å². The molecular formula is C33H25B5BrN3. The van der Waals surface area contributed by atoms with Gasteiger partial charge in [-0.2, -0.15) is 0 Å². The van der Waals surface area contributed by atoms with Gasteiger partial charge in [-0.25, -0.2) is 15.0 Å². The van der Waals surface area contributed by atoms with Crippen molar-refractivity contribution in [2.24, 2.45) is 0 Å². The molecule has 7 aromatic rings. The zero-order valence-corrected chi connectivity index (χ0v) is 26.0. The summed E-state index contributed by atoms with van der Waals surface area (Å²) in [6, 6.07) is 31.9. The first-order valence-electron chi connectivity index (χ1n) is 14.3. The van der Waals surface area contributed by atoms with Crippen molar-refractivity contribution in [2.45, 2.75) is 0 Å². The van der Waals surface area contributed by atoms with Crippen LogP contribution in [0.25, 0.3) is 66.5 Å². The van der Waals surface area contributed by atoms with E-state index in [0.717, 1.165) is 21.2 Å². The Morgan fingerprint density at radius 2 is 0.857 bits per heavy atom. The highest BCUT2D eigenvalue weighted by molar-refractivity contribution is 9.10. The van der Waals surface area contributed by atoms with Crippen molar-refractivity contribution in [3.05, 3.63) is 95.5 Å². The number of nitrogens with zero attached hydrogens (tertiary/aromatic N) is 3. The Balaban J connectivity index is 1.56. The summed E-state index contributed by atoms with van der Waals surface area (Å²) < 4.78 is 0.955. The highest BCUT2D eigenvalue weighted by Gasteiger charge is 2.20. The van der Waals surface area contributed by atoms with E-state index in [1.165, 1.54) is 59.6 Å². The lowest BCUT2D eigenvalue weighted by atomic mass is 9.60. The molecule has 42 heavy (non-hydrogen) atoms. The van der Waals surface area contributed by atoms with Gasteiger partial charge >= 0.3 is 0 Å². The van der Waals surface area contributed by atoms with Crippen molar-refractivity contribution in [1.29, 1.82) is 0 Å². The molecule has 0 atom stereocenters. The molecule has 6 aromatic carbocycles. The minimum Gasteiger partial charge on any atom is -0.208 e. The monoisotopic (exact) mass is 597 g/mol. The molecule has 0 saturated heterocycles. The van der Waals surface area contributed by atoms with Crippen molar-refractivity contribution < 1.29 is 0 Å². The van der Waals surface area contributed by atoms with Crippen LogP contribution in [0.15, 0.2) is 95.5 Å². The summed E-state index contributed by atoms with van der Waals surface area (Å²) in [6.07, 6.45) is 0. The van der Waals surface area contributed by atoms with E-state index in [2.05, 4.69) is 128 Å². The van der Waals surface area contributed by atoms with E-state index in [1.807, 2.05) is 18.2 Å². The third-order valence-corrected chi connectivity index (χ3v) is 9.62. The first-order valence-corrected chi connectivity index (χ1v) is 15.0. The van der Waals surface area contributed by atoms with Gasteiger partial charge in [0, 0.05) is 21.2 Å². The molecule has 0 unspecified atom stereocenters. The standard InChI is InChI=1S/C33H25B5BrN3/c34-26-25(27(35)29(37)30(38)28(26)36)33-41-31(16-8-2-1-3-9-16)40-32(42-33)23-14-21-19-12-6-4-10-17(19)18-11-5-7-13-20(18)22(21)15-24(23)39/h1-15H,34-38H2. The fraction of sp³-hybridized carbons (Fsp3) is 0. The summed E-state index contributed by atoms with van der Waals surface area (Å²) in [7, 11) is 10.9. The van der Waals surface area contributed by atoms with Crippen LogP contribution in [0.1, 0.15) is 0 Å². The predicted octanol–water partition coefficient (Wildman–Crippen LogP) is 0.387. The Labute approximate surface area is 258 Å². The van der Waals surface area contributed by atoms with Gasteiger partial charge < -0.3 is 0 Å². The van der Waals surface area contributed by atoms with Crippen molar-refractivity contribution >= 4 is 115 Å². The van der Waals surface area contributed by atoms with Gasteiger partial charge in [-0.1, -0.05) is 106 Å². The maximum absolute atomic E-state index is 5.19. The molecule has 0 N–H and O–H groups in total. The Morgan fingerprint density at radius 1 is 0.429 bits per heavy atom. The Morgan fingerprint density at radius 3 is 1.43 bits per heavy atom. The van der Waals surface area contributed by atoms with Crippen molar-refractivity contribution in [3.8, 4) is 34.2 Å². The Bertz CT molecular complexity index is 2190. The summed E-state index contributed by atoms with van der Waals surface area (Å²) in [5, 5.41) is 7.33. The molecule has 9 heteroatoms. The first kappa shape index (κ1) is 26.8. The van der Waals surface area contributed by atoms with Gasteiger partial charge in [-0.3, -0.25) is 0 Å². The van der Waals surface area contributed by atoms with Crippen LogP contribution in [0.2, 0.25) is 0 Å². The van der Waals surface area contributed by atoms with Crippen LogP contribution in [0.3, 0.4) is 0 Å². The number of benzene rings is 6. The van der Waals surface area contributed by atoms with Gasteiger partial charge in [0.25, 0.3) is 0 Å². The molecule has 0 aliphatic rings. The second-order valence-corrected chi connectivity index (χ2v) is 12.0. The molecule has 0 bridgehead atoms. The molecule has 0 aliphatic carbocycles. The zero-order chi connectivity index (χ0) is 29.1. The zero-order valence-electron chi connectivity index (χ0n) is 24.4. The fourth-order valence-electron chi connectivity index (χ4n) is 6.26. The van der Waals surface area contributed by atoms with Crippen LogP contribution in [0.5, 0.6) is 0 Å². The fourth-order valence-corrected chi connectivity index (χ4v) is 6.78. The van der Waals surface area contributed by atoms with Gasteiger partial charge in [-0.15, -0.1) is 16.4 Å². The van der Waals surface area contributed by atoms with Gasteiger partial charge in [0.15, 0.2) is 17.5 Å². The molecular weight excluding hydrogens is 572 g/mol. The van der Waals surface area contributed by atoms with Crippen LogP contribution in [-0.2, 0) is 0 Å². The number of hydrogen-bond donors (Lipinski definition) is 0. The molecule has 0 aliphatic heterocycles. The molecule has 0 fully saturated rings. The highest BCUT2D eigenvalue weighted by Crippen LogP contribution is 2.40. The second-order valence-electron chi connectivity index (χ2n) is 11.1. The van der Waals surface area contributed by atoms with Gasteiger partial charge in [0.05, 0.1) is 0 Å². The summed E-state index contributed by atoms with van der Waals surface area (Å²) in [4.78, 5) is 15.3. The molecule has 7 rings (SSSR count). The average Bonchev–Trinajstić information content (AvgIpc) is 3.03. The summed E-state index contributed by atoms with van der Waals surface area (Å²) in [6.45, 7) is 0. The highest BCUT2D eigenvalue weighted by atomic mass is 79.9. The number of halogens is 1. The first-order chi connectivity index (χ1) is 20.3. The van der Waals surface area contributed by atoms with Gasteiger partial charge in [-0.05, 0) is 44.5 Å². The van der Waals surface area contributed by atoms with E-state index < -0.39 is 0 Å². The SMILES string of the molecule is Bc1c(B)c(B)c(-c2nc(-c3ccccc3)nc(-c3cc4c5ccccc5c5ccccc5c4cc3Br)n2)c(B)c1B. The average molecular weight is 598 g/mol. The van der Waals surface area contributed by atoms with Crippen LogP contribution in [0.4, 0.5) is 0 Å². The minimum atomic E-state index is 0.652. The van der Waals surface area contributed by atoms with E-state index in [9.17, 15) is 0 Å². The van der Waals surface area contributed by atoms with Crippen molar-refractivity contribution in [3.63, 3.8) is 0 Å². The molecule has 0 amide bonds. The molecule has 0 spiro atoms. The van der Waals surface area contributed by atoms with E-state index >= 15 is 0 Å². The lowest BCUT2D eigenvalue weighted by Crippen LogP contribution is -2.55. The topological polar surface area (TPSA) is 38.7 Å². The number of fused-ring (bicyclic) bond motifs is 6. The van der Waals surface area contributed by atoms with Crippen LogP contribution >= 0.6 is 15.9 Å².